The van der Waals surface area contributed by atoms with E-state index in [4.69, 9.17) is 25.4 Å². The Kier molecular flexibility index (Phi) is 8.30. The van der Waals surface area contributed by atoms with Crippen molar-refractivity contribution in [1.82, 2.24) is 0 Å². The summed E-state index contributed by atoms with van der Waals surface area (Å²) in [5, 5.41) is 11.4. The molecule has 1 heterocycles. The smallest absolute Gasteiger partial charge is 0.162 e. The molecule has 5 nitrogen and oxygen atoms in total. The quantitative estimate of drug-likeness (QED) is 0.224. The number of aliphatic hydroxyl groups is 1. The van der Waals surface area contributed by atoms with E-state index in [0.717, 1.165) is 26.7 Å². The normalized spacial score (nSPS) is 18.1. The van der Waals surface area contributed by atoms with Crippen LogP contribution >= 0.6 is 15.9 Å². The standard InChI is InChI=1S/C32H27BrO5/c1-2-18-35-32-25-14-9-15-26(33)31(25)38-30(29(32)34)24-16-17-27(36-20-22-10-5-3-6-11-22)28(19-24)37-21-23-12-7-4-8-13-23/h1,3-17,19,29-30,32,34H,18,20-21H2/t29-,30+,32-/m0/s1. The molecule has 0 spiro atoms. The topological polar surface area (TPSA) is 57.2 Å². The van der Waals surface area contributed by atoms with E-state index in [1.54, 1.807) is 0 Å². The first kappa shape index (κ1) is 25.9. The molecule has 1 aliphatic heterocycles. The van der Waals surface area contributed by atoms with Gasteiger partial charge in [-0.05, 0) is 50.8 Å². The van der Waals surface area contributed by atoms with E-state index in [2.05, 4.69) is 21.9 Å². The number of aliphatic hydroxyl groups excluding tert-OH is 1. The van der Waals surface area contributed by atoms with Crippen molar-refractivity contribution in [2.45, 2.75) is 31.5 Å². The lowest BCUT2D eigenvalue weighted by Gasteiger charge is -2.37. The van der Waals surface area contributed by atoms with E-state index in [-0.39, 0.29) is 6.61 Å². The first-order valence-corrected chi connectivity index (χ1v) is 13.1. The number of terminal acetylenes is 1. The molecule has 38 heavy (non-hydrogen) atoms. The molecule has 0 saturated heterocycles. The van der Waals surface area contributed by atoms with Gasteiger partial charge < -0.3 is 24.1 Å². The lowest BCUT2D eigenvalue weighted by Crippen LogP contribution is -2.36. The molecule has 0 bridgehead atoms. The van der Waals surface area contributed by atoms with Gasteiger partial charge in [-0.25, -0.2) is 0 Å². The lowest BCUT2D eigenvalue weighted by molar-refractivity contribution is -0.0948. The van der Waals surface area contributed by atoms with Gasteiger partial charge in [-0.3, -0.25) is 0 Å². The predicted octanol–water partition coefficient (Wildman–Crippen LogP) is 6.79. The molecular weight excluding hydrogens is 544 g/mol. The van der Waals surface area contributed by atoms with Gasteiger partial charge >= 0.3 is 0 Å². The summed E-state index contributed by atoms with van der Waals surface area (Å²) in [6.45, 7) is 0.827. The van der Waals surface area contributed by atoms with Gasteiger partial charge in [0.05, 0.1) is 4.47 Å². The number of hydrogen-bond acceptors (Lipinski definition) is 5. The maximum absolute atomic E-state index is 11.4. The minimum absolute atomic E-state index is 0.0676. The molecule has 6 heteroatoms. The molecule has 192 valence electrons. The molecule has 5 rings (SSSR count). The molecular formula is C32H27BrO5. The number of fused-ring (bicyclic) bond motifs is 1. The van der Waals surface area contributed by atoms with Crippen LogP contribution in [-0.4, -0.2) is 17.8 Å². The van der Waals surface area contributed by atoms with Crippen LogP contribution in [0.25, 0.3) is 0 Å². The first-order valence-electron chi connectivity index (χ1n) is 12.3. The fourth-order valence-corrected chi connectivity index (χ4v) is 4.88. The Morgan fingerprint density at radius 1 is 0.816 bits per heavy atom. The van der Waals surface area contributed by atoms with Crippen molar-refractivity contribution in [3.05, 3.63) is 124 Å². The second kappa shape index (κ2) is 12.2. The van der Waals surface area contributed by atoms with Crippen molar-refractivity contribution in [3.63, 3.8) is 0 Å². The molecule has 0 aromatic heterocycles. The van der Waals surface area contributed by atoms with E-state index >= 15 is 0 Å². The van der Waals surface area contributed by atoms with Gasteiger partial charge in [-0.2, -0.15) is 0 Å². The highest BCUT2D eigenvalue weighted by Crippen LogP contribution is 2.47. The summed E-state index contributed by atoms with van der Waals surface area (Å²) in [6, 6.07) is 31.1. The number of hydrogen-bond donors (Lipinski definition) is 1. The summed E-state index contributed by atoms with van der Waals surface area (Å²) in [4.78, 5) is 0. The lowest BCUT2D eigenvalue weighted by atomic mass is 9.92. The van der Waals surface area contributed by atoms with Crippen LogP contribution in [0.2, 0.25) is 0 Å². The number of benzene rings is 4. The Hall–Kier alpha value is -3.76. The zero-order valence-corrected chi connectivity index (χ0v) is 22.2. The zero-order chi connectivity index (χ0) is 26.3. The second-order valence-electron chi connectivity index (χ2n) is 8.88. The van der Waals surface area contributed by atoms with Crippen molar-refractivity contribution in [2.75, 3.05) is 6.61 Å². The Morgan fingerprint density at radius 2 is 1.47 bits per heavy atom. The highest BCUT2D eigenvalue weighted by molar-refractivity contribution is 9.10. The van der Waals surface area contributed by atoms with E-state index in [1.807, 2.05) is 97.1 Å². The van der Waals surface area contributed by atoms with Crippen LogP contribution in [0.3, 0.4) is 0 Å². The van der Waals surface area contributed by atoms with Crippen molar-refractivity contribution >= 4 is 15.9 Å². The Bertz CT molecular complexity index is 1400. The minimum atomic E-state index is -0.997. The average molecular weight is 571 g/mol. The van der Waals surface area contributed by atoms with Crippen LogP contribution in [0, 0.1) is 12.3 Å². The molecule has 4 aromatic carbocycles. The van der Waals surface area contributed by atoms with Crippen LogP contribution in [-0.2, 0) is 18.0 Å². The second-order valence-corrected chi connectivity index (χ2v) is 9.73. The van der Waals surface area contributed by atoms with Gasteiger partial charge in [0.1, 0.15) is 37.8 Å². The summed E-state index contributed by atoms with van der Waals surface area (Å²) in [6.07, 6.45) is 3.08. The molecule has 1 N–H and O–H groups in total. The minimum Gasteiger partial charge on any atom is -0.485 e. The van der Waals surface area contributed by atoms with Crippen molar-refractivity contribution in [3.8, 4) is 29.6 Å². The van der Waals surface area contributed by atoms with Crippen LogP contribution in [0.5, 0.6) is 17.2 Å². The number of ether oxygens (including phenoxy) is 4. The third-order valence-electron chi connectivity index (χ3n) is 6.29. The van der Waals surface area contributed by atoms with Gasteiger partial charge in [0.25, 0.3) is 0 Å². The molecule has 4 aromatic rings. The molecule has 0 fully saturated rings. The van der Waals surface area contributed by atoms with Crippen molar-refractivity contribution in [1.29, 1.82) is 0 Å². The van der Waals surface area contributed by atoms with Gasteiger partial charge in [0.2, 0.25) is 0 Å². The van der Waals surface area contributed by atoms with E-state index in [1.165, 1.54) is 0 Å². The molecule has 0 radical (unpaired) electrons. The molecule has 0 amide bonds. The molecule has 0 saturated carbocycles. The third kappa shape index (κ3) is 5.87. The van der Waals surface area contributed by atoms with Gasteiger partial charge in [-0.15, -0.1) is 6.42 Å². The van der Waals surface area contributed by atoms with E-state index < -0.39 is 18.3 Å². The summed E-state index contributed by atoms with van der Waals surface area (Å²) in [5.74, 6) is 4.25. The summed E-state index contributed by atoms with van der Waals surface area (Å²) < 4.78 is 25.4. The number of rotatable bonds is 9. The first-order chi connectivity index (χ1) is 18.6. The van der Waals surface area contributed by atoms with E-state index in [9.17, 15) is 5.11 Å². The number of para-hydroxylation sites is 1. The molecule has 3 atom stereocenters. The van der Waals surface area contributed by atoms with E-state index in [0.29, 0.717) is 30.5 Å². The van der Waals surface area contributed by atoms with Gasteiger partial charge in [0, 0.05) is 5.56 Å². The average Bonchev–Trinajstić information content (AvgIpc) is 2.96. The molecule has 0 unspecified atom stereocenters. The van der Waals surface area contributed by atoms with Crippen molar-refractivity contribution < 1.29 is 24.1 Å². The Morgan fingerprint density at radius 3 is 2.13 bits per heavy atom. The maximum atomic E-state index is 11.4. The monoisotopic (exact) mass is 570 g/mol. The van der Waals surface area contributed by atoms with Crippen LogP contribution in [0.4, 0.5) is 0 Å². The number of halogens is 1. The fraction of sp³-hybridized carbons (Fsp3) is 0.188. The predicted molar refractivity (Wildman–Crippen MR) is 149 cm³/mol. The Balaban J connectivity index is 1.46. The highest BCUT2D eigenvalue weighted by atomic mass is 79.9. The van der Waals surface area contributed by atoms with Gasteiger partial charge in [-0.1, -0.05) is 84.8 Å². The highest BCUT2D eigenvalue weighted by Gasteiger charge is 2.40. The largest absolute Gasteiger partial charge is 0.485 e. The van der Waals surface area contributed by atoms with Crippen LogP contribution in [0.15, 0.2) is 102 Å². The summed E-state index contributed by atoms with van der Waals surface area (Å²) in [7, 11) is 0. The van der Waals surface area contributed by atoms with Crippen LogP contribution in [0.1, 0.15) is 34.5 Å². The summed E-state index contributed by atoms with van der Waals surface area (Å²) >= 11 is 3.57. The van der Waals surface area contributed by atoms with Gasteiger partial charge in [0.15, 0.2) is 17.6 Å². The SMILES string of the molecule is C#CCO[C@H]1c2cccc(Br)c2O[C@H](c2ccc(OCc3ccccc3)c(OCc3ccccc3)c2)[C@@H]1O. The Labute approximate surface area is 231 Å². The van der Waals surface area contributed by atoms with Crippen molar-refractivity contribution in [2.24, 2.45) is 0 Å². The third-order valence-corrected chi connectivity index (χ3v) is 6.91. The molecule has 1 aliphatic rings. The molecule has 0 aliphatic carbocycles. The zero-order valence-electron chi connectivity index (χ0n) is 20.6. The summed E-state index contributed by atoms with van der Waals surface area (Å²) in [5.41, 5.74) is 3.54. The maximum Gasteiger partial charge on any atom is 0.162 e. The van der Waals surface area contributed by atoms with Crippen LogP contribution < -0.4 is 14.2 Å². The fourth-order valence-electron chi connectivity index (χ4n) is 4.41.